The normalized spacial score (nSPS) is 24.1. The van der Waals surface area contributed by atoms with Crippen molar-refractivity contribution in [3.8, 4) is 0 Å². The van der Waals surface area contributed by atoms with Gasteiger partial charge in [-0.3, -0.25) is 9.59 Å². The van der Waals surface area contributed by atoms with Crippen LogP contribution in [0.5, 0.6) is 0 Å². The van der Waals surface area contributed by atoms with E-state index in [1.54, 1.807) is 6.26 Å². The highest BCUT2D eigenvalue weighted by molar-refractivity contribution is 5.98. The fraction of sp³-hybridized carbons (Fsp3) is 0.429. The maximum atomic E-state index is 11.4. The lowest BCUT2D eigenvalue weighted by Crippen LogP contribution is -2.15. The zero-order valence-corrected chi connectivity index (χ0v) is 10.5. The summed E-state index contributed by atoms with van der Waals surface area (Å²) in [5.41, 5.74) is 1.06. The van der Waals surface area contributed by atoms with Gasteiger partial charge in [0.15, 0.2) is 0 Å². The van der Waals surface area contributed by atoms with E-state index in [-0.39, 0.29) is 11.9 Å². The minimum Gasteiger partial charge on any atom is -0.465 e. The highest BCUT2D eigenvalue weighted by atomic mass is 16.6. The van der Waals surface area contributed by atoms with Crippen LogP contribution in [-0.4, -0.2) is 17.9 Å². The van der Waals surface area contributed by atoms with Gasteiger partial charge in [-0.2, -0.15) is 0 Å². The molecule has 0 N–H and O–H groups in total. The molecule has 0 bridgehead atoms. The van der Waals surface area contributed by atoms with Gasteiger partial charge in [-0.25, -0.2) is 0 Å². The molecule has 1 aliphatic heterocycles. The number of carbonyl (C=O) groups excluding carboxylic acids is 2. The number of hydrogen-bond donors (Lipinski definition) is 0. The SMILES string of the molecule is CC(=O)[C@@H]1CC(C/C(C)=C/c2ccco2)OC1=O. The number of hydrogen-bond acceptors (Lipinski definition) is 4. The summed E-state index contributed by atoms with van der Waals surface area (Å²) in [6.07, 6.45) is 4.45. The van der Waals surface area contributed by atoms with Crippen LogP contribution in [0.15, 0.2) is 28.4 Å². The molecule has 1 saturated heterocycles. The largest absolute Gasteiger partial charge is 0.465 e. The summed E-state index contributed by atoms with van der Waals surface area (Å²) >= 11 is 0. The summed E-state index contributed by atoms with van der Waals surface area (Å²) in [6, 6.07) is 3.68. The van der Waals surface area contributed by atoms with Crippen LogP contribution in [0.25, 0.3) is 6.08 Å². The summed E-state index contributed by atoms with van der Waals surface area (Å²) in [5.74, 6) is -0.306. The standard InChI is InChI=1S/C14H16O4/c1-9(6-11-4-3-5-17-11)7-12-8-13(10(2)15)14(16)18-12/h3-6,12-13H,7-8H2,1-2H3/b9-6+/t12?,13-/m0/s1. The maximum absolute atomic E-state index is 11.4. The second-order valence-electron chi connectivity index (χ2n) is 4.67. The van der Waals surface area contributed by atoms with Gasteiger partial charge in [0.25, 0.3) is 0 Å². The van der Waals surface area contributed by atoms with Crippen LogP contribution in [0.2, 0.25) is 0 Å². The Kier molecular flexibility index (Phi) is 3.65. The average Bonchev–Trinajstić information content (AvgIpc) is 2.88. The smallest absolute Gasteiger partial charge is 0.316 e. The second-order valence-corrected chi connectivity index (χ2v) is 4.67. The van der Waals surface area contributed by atoms with Crippen molar-refractivity contribution in [2.75, 3.05) is 0 Å². The Labute approximate surface area is 106 Å². The van der Waals surface area contributed by atoms with Crippen molar-refractivity contribution in [1.82, 2.24) is 0 Å². The van der Waals surface area contributed by atoms with E-state index in [0.29, 0.717) is 12.8 Å². The zero-order chi connectivity index (χ0) is 13.1. The van der Waals surface area contributed by atoms with Crippen molar-refractivity contribution >= 4 is 17.8 Å². The van der Waals surface area contributed by atoms with Gasteiger partial charge >= 0.3 is 5.97 Å². The summed E-state index contributed by atoms with van der Waals surface area (Å²) in [5, 5.41) is 0. The van der Waals surface area contributed by atoms with E-state index in [0.717, 1.165) is 11.3 Å². The zero-order valence-electron chi connectivity index (χ0n) is 10.5. The molecule has 2 atom stereocenters. The number of rotatable bonds is 4. The predicted octanol–water partition coefficient (Wildman–Crippen LogP) is 2.59. The Morgan fingerprint density at radius 3 is 2.83 bits per heavy atom. The topological polar surface area (TPSA) is 56.5 Å². The molecule has 0 aromatic carbocycles. The number of Topliss-reactive ketones (excluding diaryl/α,β-unsaturated/α-hetero) is 1. The van der Waals surface area contributed by atoms with E-state index in [4.69, 9.17) is 9.15 Å². The van der Waals surface area contributed by atoms with Gasteiger partial charge in [-0.1, -0.05) is 5.57 Å². The van der Waals surface area contributed by atoms with Gasteiger partial charge in [0.2, 0.25) is 0 Å². The van der Waals surface area contributed by atoms with Crippen molar-refractivity contribution in [2.24, 2.45) is 5.92 Å². The van der Waals surface area contributed by atoms with Gasteiger partial charge in [0.05, 0.1) is 6.26 Å². The quantitative estimate of drug-likeness (QED) is 0.607. The maximum Gasteiger partial charge on any atom is 0.316 e. The van der Waals surface area contributed by atoms with E-state index in [2.05, 4.69) is 0 Å². The number of esters is 1. The molecule has 0 aliphatic carbocycles. The Hall–Kier alpha value is -1.84. The fourth-order valence-corrected chi connectivity index (χ4v) is 2.14. The molecule has 0 saturated carbocycles. The van der Waals surface area contributed by atoms with E-state index in [1.165, 1.54) is 6.92 Å². The van der Waals surface area contributed by atoms with Crippen LogP contribution in [0, 0.1) is 5.92 Å². The van der Waals surface area contributed by atoms with Crippen LogP contribution in [0.3, 0.4) is 0 Å². The molecule has 1 aromatic rings. The van der Waals surface area contributed by atoms with Crippen molar-refractivity contribution < 1.29 is 18.7 Å². The minimum atomic E-state index is -0.577. The Balaban J connectivity index is 1.95. The molecule has 18 heavy (non-hydrogen) atoms. The average molecular weight is 248 g/mol. The van der Waals surface area contributed by atoms with Gasteiger partial charge in [-0.05, 0) is 32.1 Å². The van der Waals surface area contributed by atoms with Crippen molar-refractivity contribution in [1.29, 1.82) is 0 Å². The van der Waals surface area contributed by atoms with Gasteiger partial charge < -0.3 is 9.15 Å². The van der Waals surface area contributed by atoms with E-state index in [9.17, 15) is 9.59 Å². The van der Waals surface area contributed by atoms with Gasteiger partial charge in [-0.15, -0.1) is 0 Å². The lowest BCUT2D eigenvalue weighted by molar-refractivity contribution is -0.146. The summed E-state index contributed by atoms with van der Waals surface area (Å²) in [7, 11) is 0. The molecule has 96 valence electrons. The summed E-state index contributed by atoms with van der Waals surface area (Å²) in [4.78, 5) is 22.7. The number of cyclic esters (lactones) is 1. The molecule has 4 heteroatoms. The first-order valence-electron chi connectivity index (χ1n) is 5.98. The second kappa shape index (κ2) is 5.21. The molecule has 1 aliphatic rings. The number of ketones is 1. The monoisotopic (exact) mass is 248 g/mol. The third-order valence-corrected chi connectivity index (χ3v) is 3.04. The van der Waals surface area contributed by atoms with Crippen LogP contribution in [0.4, 0.5) is 0 Å². The van der Waals surface area contributed by atoms with Crippen LogP contribution >= 0.6 is 0 Å². The summed E-state index contributed by atoms with van der Waals surface area (Å²) < 4.78 is 10.4. The van der Waals surface area contributed by atoms with Crippen molar-refractivity contribution in [2.45, 2.75) is 32.8 Å². The van der Waals surface area contributed by atoms with Crippen LogP contribution in [0.1, 0.15) is 32.4 Å². The minimum absolute atomic E-state index is 0.116. The lowest BCUT2D eigenvalue weighted by atomic mass is 9.98. The molecule has 1 aromatic heterocycles. The molecule has 0 spiro atoms. The molecule has 2 heterocycles. The Bertz CT molecular complexity index is 470. The van der Waals surface area contributed by atoms with Crippen molar-refractivity contribution in [3.63, 3.8) is 0 Å². The first-order valence-corrected chi connectivity index (χ1v) is 5.98. The fourth-order valence-electron chi connectivity index (χ4n) is 2.14. The summed E-state index contributed by atoms with van der Waals surface area (Å²) in [6.45, 7) is 3.39. The predicted molar refractivity (Wildman–Crippen MR) is 65.6 cm³/mol. The molecule has 1 fully saturated rings. The highest BCUT2D eigenvalue weighted by Gasteiger charge is 2.37. The molecule has 0 radical (unpaired) electrons. The van der Waals surface area contributed by atoms with E-state index >= 15 is 0 Å². The number of carbonyl (C=O) groups is 2. The number of furan rings is 1. The molecule has 4 nitrogen and oxygen atoms in total. The number of ether oxygens (including phenoxy) is 1. The first-order chi connectivity index (χ1) is 8.56. The van der Waals surface area contributed by atoms with Crippen LogP contribution in [-0.2, 0) is 14.3 Å². The molecular formula is C14H16O4. The first kappa shape index (κ1) is 12.6. The highest BCUT2D eigenvalue weighted by Crippen LogP contribution is 2.27. The van der Waals surface area contributed by atoms with Crippen LogP contribution < -0.4 is 0 Å². The molecule has 0 amide bonds. The molecular weight excluding hydrogens is 232 g/mol. The van der Waals surface area contributed by atoms with Gasteiger partial charge in [0, 0.05) is 12.8 Å². The third kappa shape index (κ3) is 2.88. The lowest BCUT2D eigenvalue weighted by Gasteiger charge is -2.08. The van der Waals surface area contributed by atoms with Crippen molar-refractivity contribution in [3.05, 3.63) is 29.7 Å². The Morgan fingerprint density at radius 2 is 2.28 bits per heavy atom. The molecule has 2 rings (SSSR count). The Morgan fingerprint density at radius 1 is 1.50 bits per heavy atom. The van der Waals surface area contributed by atoms with Gasteiger partial charge in [0.1, 0.15) is 23.6 Å². The van der Waals surface area contributed by atoms with E-state index in [1.807, 2.05) is 25.1 Å². The van der Waals surface area contributed by atoms with E-state index < -0.39 is 11.9 Å². The molecule has 1 unspecified atom stereocenters. The third-order valence-electron chi connectivity index (χ3n) is 3.04.